The normalized spacial score (nSPS) is 10.9. The van der Waals surface area contributed by atoms with E-state index in [-0.39, 0.29) is 5.91 Å². The molecule has 0 bridgehead atoms. The van der Waals surface area contributed by atoms with E-state index in [0.717, 1.165) is 34.9 Å². The van der Waals surface area contributed by atoms with Crippen LogP contribution < -0.4 is 5.32 Å². The van der Waals surface area contributed by atoms with Crippen LogP contribution in [0.15, 0.2) is 59.0 Å². The van der Waals surface area contributed by atoms with E-state index in [4.69, 9.17) is 4.42 Å². The number of amides is 1. The van der Waals surface area contributed by atoms with Crippen LogP contribution in [0.2, 0.25) is 0 Å². The molecule has 0 saturated heterocycles. The number of fused-ring (bicyclic) bond motifs is 1. The maximum atomic E-state index is 12.6. The molecule has 3 heteroatoms. The number of nitrogens with one attached hydrogen (secondary N) is 1. The first-order chi connectivity index (χ1) is 12.3. The first kappa shape index (κ1) is 17.3. The number of carbonyl (C=O) groups is 1. The standard InChI is InChI=1S/C22H25NO2/c1-2-3-4-5-11-16-23-22(24)21-19-15-10-9-14-18(19)20(25-21)17-12-7-6-8-13-17/h6-10,12-15H,2-5,11,16H2,1H3,(H,23,24). The zero-order valence-electron chi connectivity index (χ0n) is 14.8. The molecule has 0 saturated carbocycles. The summed E-state index contributed by atoms with van der Waals surface area (Å²) in [5, 5.41) is 4.84. The number of rotatable bonds is 8. The van der Waals surface area contributed by atoms with Gasteiger partial charge < -0.3 is 9.73 Å². The van der Waals surface area contributed by atoms with Crippen LogP contribution in [0, 0.1) is 0 Å². The van der Waals surface area contributed by atoms with E-state index in [1.807, 2.05) is 54.6 Å². The molecule has 2 aromatic carbocycles. The lowest BCUT2D eigenvalue weighted by Crippen LogP contribution is -2.24. The number of carbonyl (C=O) groups excluding carboxylic acids is 1. The van der Waals surface area contributed by atoms with Crippen LogP contribution in [-0.4, -0.2) is 12.5 Å². The molecule has 0 unspecified atom stereocenters. The van der Waals surface area contributed by atoms with E-state index in [2.05, 4.69) is 12.2 Å². The second kappa shape index (κ2) is 8.52. The molecule has 3 rings (SSSR count). The third-order valence-electron chi connectivity index (χ3n) is 4.43. The molecular formula is C22H25NO2. The van der Waals surface area contributed by atoms with E-state index in [9.17, 15) is 4.79 Å². The second-order valence-electron chi connectivity index (χ2n) is 6.34. The molecular weight excluding hydrogens is 310 g/mol. The van der Waals surface area contributed by atoms with Crippen LogP contribution in [0.5, 0.6) is 0 Å². The number of hydrogen-bond donors (Lipinski definition) is 1. The topological polar surface area (TPSA) is 42.2 Å². The van der Waals surface area contributed by atoms with E-state index in [0.29, 0.717) is 12.3 Å². The van der Waals surface area contributed by atoms with Crippen LogP contribution in [-0.2, 0) is 0 Å². The van der Waals surface area contributed by atoms with Crippen molar-refractivity contribution in [2.45, 2.75) is 39.0 Å². The van der Waals surface area contributed by atoms with Gasteiger partial charge in [-0.05, 0) is 6.42 Å². The van der Waals surface area contributed by atoms with Gasteiger partial charge in [0, 0.05) is 22.9 Å². The summed E-state index contributed by atoms with van der Waals surface area (Å²) in [5.74, 6) is 1.03. The highest BCUT2D eigenvalue weighted by molar-refractivity contribution is 6.08. The van der Waals surface area contributed by atoms with Crippen molar-refractivity contribution in [2.24, 2.45) is 0 Å². The van der Waals surface area contributed by atoms with Gasteiger partial charge in [0.2, 0.25) is 0 Å². The molecule has 0 radical (unpaired) electrons. The predicted octanol–water partition coefficient (Wildman–Crippen LogP) is 5.80. The van der Waals surface area contributed by atoms with Crippen molar-refractivity contribution in [3.05, 3.63) is 60.4 Å². The Kier molecular flexibility index (Phi) is 5.89. The largest absolute Gasteiger partial charge is 0.450 e. The van der Waals surface area contributed by atoms with Gasteiger partial charge in [0.1, 0.15) is 5.76 Å². The fourth-order valence-electron chi connectivity index (χ4n) is 3.07. The molecule has 3 aromatic rings. The minimum Gasteiger partial charge on any atom is -0.450 e. The van der Waals surface area contributed by atoms with Gasteiger partial charge in [-0.1, -0.05) is 87.2 Å². The summed E-state index contributed by atoms with van der Waals surface area (Å²) in [6.07, 6.45) is 5.89. The Balaban J connectivity index is 1.76. The Labute approximate surface area is 149 Å². The molecule has 3 nitrogen and oxygen atoms in total. The van der Waals surface area contributed by atoms with Crippen molar-refractivity contribution in [2.75, 3.05) is 6.54 Å². The van der Waals surface area contributed by atoms with Crippen molar-refractivity contribution < 1.29 is 9.21 Å². The van der Waals surface area contributed by atoms with Crippen LogP contribution in [0.3, 0.4) is 0 Å². The Morgan fingerprint density at radius 3 is 2.32 bits per heavy atom. The average Bonchev–Trinajstić information content (AvgIpc) is 3.05. The van der Waals surface area contributed by atoms with Gasteiger partial charge >= 0.3 is 0 Å². The molecule has 1 aromatic heterocycles. The summed E-state index contributed by atoms with van der Waals surface area (Å²) in [4.78, 5) is 12.6. The Morgan fingerprint density at radius 1 is 0.880 bits per heavy atom. The van der Waals surface area contributed by atoms with Gasteiger partial charge in [-0.15, -0.1) is 0 Å². The van der Waals surface area contributed by atoms with Crippen LogP contribution in [0.4, 0.5) is 0 Å². The first-order valence-corrected chi connectivity index (χ1v) is 9.16. The summed E-state index contributed by atoms with van der Waals surface area (Å²) in [5.41, 5.74) is 0.984. The quantitative estimate of drug-likeness (QED) is 0.529. The lowest BCUT2D eigenvalue weighted by molar-refractivity contribution is 0.0928. The van der Waals surface area contributed by atoms with Crippen molar-refractivity contribution in [3.63, 3.8) is 0 Å². The first-order valence-electron chi connectivity index (χ1n) is 9.16. The van der Waals surface area contributed by atoms with E-state index in [1.54, 1.807) is 0 Å². The molecule has 25 heavy (non-hydrogen) atoms. The highest BCUT2D eigenvalue weighted by Crippen LogP contribution is 2.33. The Hall–Kier alpha value is -2.55. The summed E-state index contributed by atoms with van der Waals surface area (Å²) in [6, 6.07) is 17.8. The predicted molar refractivity (Wildman–Crippen MR) is 103 cm³/mol. The van der Waals surface area contributed by atoms with Crippen molar-refractivity contribution in [3.8, 4) is 11.3 Å². The van der Waals surface area contributed by atoms with Gasteiger partial charge in [0.05, 0.1) is 0 Å². The maximum Gasteiger partial charge on any atom is 0.287 e. The molecule has 1 amide bonds. The third kappa shape index (κ3) is 4.11. The third-order valence-corrected chi connectivity index (χ3v) is 4.43. The molecule has 0 atom stereocenters. The highest BCUT2D eigenvalue weighted by atomic mass is 16.4. The van der Waals surface area contributed by atoms with E-state index >= 15 is 0 Å². The second-order valence-corrected chi connectivity index (χ2v) is 6.34. The van der Waals surface area contributed by atoms with Crippen LogP contribution >= 0.6 is 0 Å². The Bertz CT molecular complexity index is 820. The molecule has 0 aliphatic heterocycles. The van der Waals surface area contributed by atoms with Crippen LogP contribution in [0.25, 0.3) is 22.1 Å². The lowest BCUT2D eigenvalue weighted by atomic mass is 10.1. The number of benzene rings is 2. The summed E-state index contributed by atoms with van der Waals surface area (Å²) in [7, 11) is 0. The molecule has 0 aliphatic carbocycles. The zero-order valence-corrected chi connectivity index (χ0v) is 14.8. The van der Waals surface area contributed by atoms with Crippen molar-refractivity contribution in [1.29, 1.82) is 0 Å². The summed E-state index contributed by atoms with van der Waals surface area (Å²) < 4.78 is 6.00. The summed E-state index contributed by atoms with van der Waals surface area (Å²) >= 11 is 0. The van der Waals surface area contributed by atoms with Gasteiger partial charge in [0.15, 0.2) is 5.76 Å². The van der Waals surface area contributed by atoms with Gasteiger partial charge in [0.25, 0.3) is 5.91 Å². The number of hydrogen-bond acceptors (Lipinski definition) is 2. The average molecular weight is 335 g/mol. The molecule has 0 spiro atoms. The SMILES string of the molecule is CCCCCCCNC(=O)c1oc(-c2ccccc2)c2ccccc12. The lowest BCUT2D eigenvalue weighted by Gasteiger charge is -2.03. The highest BCUT2D eigenvalue weighted by Gasteiger charge is 2.19. The minimum atomic E-state index is -0.131. The van der Waals surface area contributed by atoms with E-state index in [1.165, 1.54) is 19.3 Å². The zero-order chi connectivity index (χ0) is 17.5. The van der Waals surface area contributed by atoms with Gasteiger partial charge in [-0.3, -0.25) is 4.79 Å². The molecule has 130 valence electrons. The molecule has 0 aliphatic rings. The smallest absolute Gasteiger partial charge is 0.287 e. The maximum absolute atomic E-state index is 12.6. The fraction of sp³-hybridized carbons (Fsp3) is 0.318. The van der Waals surface area contributed by atoms with Crippen LogP contribution in [0.1, 0.15) is 49.6 Å². The molecule has 1 heterocycles. The monoisotopic (exact) mass is 335 g/mol. The fourth-order valence-corrected chi connectivity index (χ4v) is 3.07. The number of unbranched alkanes of at least 4 members (excludes halogenated alkanes) is 4. The summed E-state index contributed by atoms with van der Waals surface area (Å²) in [6.45, 7) is 2.90. The minimum absolute atomic E-state index is 0.131. The van der Waals surface area contributed by atoms with Crippen molar-refractivity contribution >= 4 is 16.7 Å². The molecule has 1 N–H and O–H groups in total. The van der Waals surface area contributed by atoms with Crippen molar-refractivity contribution in [1.82, 2.24) is 5.32 Å². The Morgan fingerprint density at radius 2 is 1.56 bits per heavy atom. The van der Waals surface area contributed by atoms with Gasteiger partial charge in [-0.25, -0.2) is 0 Å². The van der Waals surface area contributed by atoms with Gasteiger partial charge in [-0.2, -0.15) is 0 Å². The number of furan rings is 1. The van der Waals surface area contributed by atoms with E-state index < -0.39 is 0 Å². The molecule has 0 fully saturated rings.